The van der Waals surface area contributed by atoms with E-state index in [0.717, 1.165) is 19.0 Å². The maximum absolute atomic E-state index is 12.0. The molecule has 0 aliphatic carbocycles. The summed E-state index contributed by atoms with van der Waals surface area (Å²) in [4.78, 5) is 25.8. The van der Waals surface area contributed by atoms with Crippen LogP contribution >= 0.6 is 0 Å². The summed E-state index contributed by atoms with van der Waals surface area (Å²) in [5.41, 5.74) is -1.60. The Bertz CT molecular complexity index is 594. The average molecular weight is 245 g/mol. The quantitative estimate of drug-likeness (QED) is 0.686. The van der Waals surface area contributed by atoms with Gasteiger partial charge in [0.1, 0.15) is 0 Å². The molecule has 1 aliphatic heterocycles. The van der Waals surface area contributed by atoms with Crippen molar-refractivity contribution in [2.24, 2.45) is 0 Å². The molecule has 1 aromatic heterocycles. The number of rotatable bonds is 2. The highest BCUT2D eigenvalue weighted by Gasteiger charge is 2.29. The van der Waals surface area contributed by atoms with Crippen LogP contribution in [0.4, 0.5) is 0 Å². The molecule has 16 heavy (non-hydrogen) atoms. The number of H-pyrrole nitrogens is 2. The number of nitrogens with one attached hydrogen (secondary N) is 2. The van der Waals surface area contributed by atoms with Gasteiger partial charge < -0.3 is 4.98 Å². The first-order valence-corrected chi connectivity index (χ1v) is 6.28. The minimum Gasteiger partial charge on any atom is -0.313 e. The lowest BCUT2D eigenvalue weighted by Crippen LogP contribution is -2.34. The molecule has 0 unspecified atom stereocenters. The van der Waals surface area contributed by atoms with Crippen LogP contribution in [0.25, 0.3) is 0 Å². The molecule has 0 saturated carbocycles. The van der Waals surface area contributed by atoms with Gasteiger partial charge in [-0.05, 0) is 12.8 Å². The van der Waals surface area contributed by atoms with Crippen LogP contribution in [0.3, 0.4) is 0 Å². The zero-order valence-electron chi connectivity index (χ0n) is 8.39. The van der Waals surface area contributed by atoms with E-state index in [1.54, 1.807) is 0 Å². The van der Waals surface area contributed by atoms with E-state index in [9.17, 15) is 18.0 Å². The van der Waals surface area contributed by atoms with Crippen LogP contribution in [0, 0.1) is 0 Å². The Balaban J connectivity index is 2.51. The molecule has 0 bridgehead atoms. The molecule has 1 aromatic rings. The van der Waals surface area contributed by atoms with E-state index in [0.29, 0.717) is 13.1 Å². The van der Waals surface area contributed by atoms with Gasteiger partial charge in [0.05, 0.1) is 0 Å². The average Bonchev–Trinajstić information content (AvgIpc) is 2.69. The largest absolute Gasteiger partial charge is 0.325 e. The van der Waals surface area contributed by atoms with Gasteiger partial charge in [-0.2, -0.15) is 4.31 Å². The third-order valence-electron chi connectivity index (χ3n) is 2.47. The van der Waals surface area contributed by atoms with Crippen molar-refractivity contribution in [2.45, 2.75) is 17.7 Å². The van der Waals surface area contributed by atoms with Crippen LogP contribution in [-0.4, -0.2) is 35.8 Å². The highest BCUT2D eigenvalue weighted by atomic mass is 32.2. The van der Waals surface area contributed by atoms with E-state index in [1.165, 1.54) is 4.31 Å². The summed E-state index contributed by atoms with van der Waals surface area (Å²) in [5.74, 6) is 0. The predicted molar refractivity (Wildman–Crippen MR) is 55.7 cm³/mol. The molecule has 0 aromatic carbocycles. The van der Waals surface area contributed by atoms with Crippen LogP contribution in [0.2, 0.25) is 0 Å². The number of nitrogens with zero attached hydrogens (tertiary/aromatic N) is 1. The lowest BCUT2D eigenvalue weighted by atomic mass is 10.4. The van der Waals surface area contributed by atoms with Crippen LogP contribution in [-0.2, 0) is 10.0 Å². The summed E-state index contributed by atoms with van der Waals surface area (Å²) >= 11 is 0. The molecular weight excluding hydrogens is 234 g/mol. The smallest absolute Gasteiger partial charge is 0.313 e. The fourth-order valence-electron chi connectivity index (χ4n) is 1.66. The first kappa shape index (κ1) is 11.1. The van der Waals surface area contributed by atoms with E-state index in [-0.39, 0.29) is 0 Å². The zero-order chi connectivity index (χ0) is 11.8. The Morgan fingerprint density at radius 1 is 1.19 bits per heavy atom. The molecule has 2 heterocycles. The topological polar surface area (TPSA) is 103 Å². The van der Waals surface area contributed by atoms with E-state index in [1.807, 2.05) is 4.98 Å². The van der Waals surface area contributed by atoms with Crippen molar-refractivity contribution in [3.05, 3.63) is 27.0 Å². The maximum Gasteiger partial charge on any atom is 0.325 e. The summed E-state index contributed by atoms with van der Waals surface area (Å²) in [7, 11) is -3.77. The van der Waals surface area contributed by atoms with Crippen molar-refractivity contribution in [3.63, 3.8) is 0 Å². The third-order valence-corrected chi connectivity index (χ3v) is 4.37. The van der Waals surface area contributed by atoms with Gasteiger partial charge >= 0.3 is 5.69 Å². The molecule has 2 N–H and O–H groups in total. The Hall–Kier alpha value is -1.41. The minimum atomic E-state index is -3.77. The van der Waals surface area contributed by atoms with Crippen molar-refractivity contribution in [1.29, 1.82) is 0 Å². The van der Waals surface area contributed by atoms with Crippen LogP contribution in [0.5, 0.6) is 0 Å². The second-order valence-corrected chi connectivity index (χ2v) is 5.45. The molecule has 8 heteroatoms. The van der Waals surface area contributed by atoms with E-state index >= 15 is 0 Å². The Labute approximate surface area is 91.2 Å². The number of hydrogen-bond donors (Lipinski definition) is 2. The SMILES string of the molecule is O=c1[nH]cc(S(=O)(=O)N2CCCC2)c(=O)[nH]1. The fraction of sp³-hybridized carbons (Fsp3) is 0.500. The monoisotopic (exact) mass is 245 g/mol. The second-order valence-electron chi connectivity index (χ2n) is 3.55. The molecule has 2 rings (SSSR count). The normalized spacial score (nSPS) is 17.8. The molecular formula is C8H11N3O4S. The summed E-state index contributed by atoms with van der Waals surface area (Å²) < 4.78 is 25.1. The standard InChI is InChI=1S/C8H11N3O4S/c12-7-6(5-9-8(13)10-7)16(14,15)11-3-1-2-4-11/h5H,1-4H2,(H2,9,10,12,13). The van der Waals surface area contributed by atoms with Crippen LogP contribution in [0.15, 0.2) is 20.7 Å². The second kappa shape index (κ2) is 3.87. The van der Waals surface area contributed by atoms with E-state index < -0.39 is 26.2 Å². The van der Waals surface area contributed by atoms with Gasteiger partial charge in [0, 0.05) is 19.3 Å². The maximum atomic E-state index is 12.0. The zero-order valence-corrected chi connectivity index (χ0v) is 9.21. The van der Waals surface area contributed by atoms with Gasteiger partial charge in [-0.1, -0.05) is 0 Å². The number of hydrogen-bond acceptors (Lipinski definition) is 4. The molecule has 0 spiro atoms. The molecule has 1 aliphatic rings. The highest BCUT2D eigenvalue weighted by molar-refractivity contribution is 7.89. The predicted octanol–water partition coefficient (Wildman–Crippen LogP) is -1.15. The lowest BCUT2D eigenvalue weighted by Gasteiger charge is -2.13. The molecule has 0 radical (unpaired) electrons. The molecule has 0 amide bonds. The van der Waals surface area contributed by atoms with Gasteiger partial charge in [0.2, 0.25) is 10.0 Å². The highest BCUT2D eigenvalue weighted by Crippen LogP contribution is 2.16. The fourth-order valence-corrected chi connectivity index (χ4v) is 3.17. The molecule has 1 saturated heterocycles. The summed E-state index contributed by atoms with van der Waals surface area (Å²) in [6, 6.07) is 0. The Kier molecular flexibility index (Phi) is 2.68. The van der Waals surface area contributed by atoms with Gasteiger partial charge in [-0.15, -0.1) is 0 Å². The van der Waals surface area contributed by atoms with Crippen molar-refractivity contribution in [3.8, 4) is 0 Å². The van der Waals surface area contributed by atoms with Crippen molar-refractivity contribution in [1.82, 2.24) is 14.3 Å². The van der Waals surface area contributed by atoms with Crippen molar-refractivity contribution < 1.29 is 8.42 Å². The summed E-state index contributed by atoms with van der Waals surface area (Å²) in [6.45, 7) is 0.835. The van der Waals surface area contributed by atoms with Gasteiger partial charge in [0.25, 0.3) is 5.56 Å². The number of aromatic nitrogens is 2. The number of aromatic amines is 2. The summed E-state index contributed by atoms with van der Waals surface area (Å²) in [5, 5.41) is 0. The van der Waals surface area contributed by atoms with E-state index in [2.05, 4.69) is 4.98 Å². The molecule has 0 atom stereocenters. The summed E-state index contributed by atoms with van der Waals surface area (Å²) in [6.07, 6.45) is 2.52. The Morgan fingerprint density at radius 2 is 1.81 bits per heavy atom. The minimum absolute atomic E-state index is 0.408. The lowest BCUT2D eigenvalue weighted by molar-refractivity contribution is 0.476. The van der Waals surface area contributed by atoms with Gasteiger partial charge in [-0.25, -0.2) is 13.2 Å². The van der Waals surface area contributed by atoms with Crippen LogP contribution in [0.1, 0.15) is 12.8 Å². The van der Waals surface area contributed by atoms with E-state index in [4.69, 9.17) is 0 Å². The molecule has 1 fully saturated rings. The van der Waals surface area contributed by atoms with Gasteiger partial charge in [-0.3, -0.25) is 9.78 Å². The first-order valence-electron chi connectivity index (χ1n) is 4.84. The first-order chi connectivity index (χ1) is 7.51. The number of sulfonamides is 1. The van der Waals surface area contributed by atoms with Crippen molar-refractivity contribution >= 4 is 10.0 Å². The Morgan fingerprint density at radius 3 is 2.38 bits per heavy atom. The van der Waals surface area contributed by atoms with Crippen LogP contribution < -0.4 is 11.2 Å². The third kappa shape index (κ3) is 1.81. The van der Waals surface area contributed by atoms with Gasteiger partial charge in [0.15, 0.2) is 4.90 Å². The van der Waals surface area contributed by atoms with Crippen molar-refractivity contribution in [2.75, 3.05) is 13.1 Å². The molecule has 88 valence electrons. The molecule has 7 nitrogen and oxygen atoms in total.